The molecule has 5 rings (SSSR count). The number of cyclic esters (lactones) is 1. The summed E-state index contributed by atoms with van der Waals surface area (Å²) in [5.41, 5.74) is 5.89. The number of benzene rings is 1. The number of nitrogens with zero attached hydrogens (tertiary/aromatic N) is 3. The Morgan fingerprint density at radius 1 is 1.38 bits per heavy atom. The molecule has 0 radical (unpaired) electrons. The van der Waals surface area contributed by atoms with Crippen molar-refractivity contribution in [2.24, 2.45) is 0 Å². The monoisotopic (exact) mass is 433 g/mol. The lowest BCUT2D eigenvalue weighted by atomic mass is 9.82. The van der Waals surface area contributed by atoms with Crippen LogP contribution in [-0.2, 0) is 27.4 Å². The van der Waals surface area contributed by atoms with Gasteiger partial charge in [0.05, 0.1) is 23.5 Å². The quantitative estimate of drug-likeness (QED) is 0.742. The Hall–Kier alpha value is -3.16. The number of aromatic hydroxyl groups is 1. The van der Waals surface area contributed by atoms with Crippen molar-refractivity contribution >= 4 is 22.6 Å². The van der Waals surface area contributed by atoms with E-state index in [1.54, 1.807) is 13.2 Å². The first-order valence-corrected chi connectivity index (χ1v) is 10.7. The van der Waals surface area contributed by atoms with Gasteiger partial charge in [-0.15, -0.1) is 0 Å². The number of methoxy groups -OCH3 is 1. The molecule has 0 saturated heterocycles. The molecule has 3 aliphatic heterocycles. The molecule has 0 fully saturated rings. The Bertz CT molecular complexity index is 1240. The molecule has 0 spiro atoms. The molecular formula is C25H27N3O4. The lowest BCUT2D eigenvalue weighted by Crippen LogP contribution is -2.48. The predicted molar refractivity (Wildman–Crippen MR) is 121 cm³/mol. The van der Waals surface area contributed by atoms with Crippen LogP contribution in [0.5, 0.6) is 5.75 Å². The SMILES string of the molecule is C=C1C2=C(C=C3c4nc5ccc(O)c(CN(C)C)c5cc4CN13)C(CC)(OC)C(=O)OC2. The number of phenolic OH excluding ortho intramolecular Hbond substituents is 1. The first-order valence-electron chi connectivity index (χ1n) is 10.7. The molecule has 1 aromatic heterocycles. The molecule has 0 aliphatic carbocycles. The minimum Gasteiger partial charge on any atom is -0.508 e. The number of phenols is 1. The molecule has 1 atom stereocenters. The highest BCUT2D eigenvalue weighted by Gasteiger charge is 2.49. The molecule has 7 heteroatoms. The summed E-state index contributed by atoms with van der Waals surface area (Å²) in [6.45, 7) is 7.67. The zero-order valence-electron chi connectivity index (χ0n) is 18.9. The summed E-state index contributed by atoms with van der Waals surface area (Å²) in [6.07, 6.45) is 2.48. The number of carbonyl (C=O) groups excluding carboxylic acids is 1. The molecule has 1 N–H and O–H groups in total. The van der Waals surface area contributed by atoms with Gasteiger partial charge < -0.3 is 24.4 Å². The van der Waals surface area contributed by atoms with Crippen molar-refractivity contribution in [3.63, 3.8) is 0 Å². The predicted octanol–water partition coefficient (Wildman–Crippen LogP) is 3.33. The summed E-state index contributed by atoms with van der Waals surface area (Å²) in [4.78, 5) is 21.8. The number of hydrogen-bond donors (Lipinski definition) is 1. The smallest absolute Gasteiger partial charge is 0.343 e. The van der Waals surface area contributed by atoms with Crippen molar-refractivity contribution in [1.29, 1.82) is 0 Å². The number of hydrogen-bond acceptors (Lipinski definition) is 7. The average molecular weight is 434 g/mol. The van der Waals surface area contributed by atoms with Gasteiger partial charge in [0.15, 0.2) is 5.60 Å². The van der Waals surface area contributed by atoms with Crippen LogP contribution in [0, 0.1) is 0 Å². The first kappa shape index (κ1) is 20.7. The Balaban J connectivity index is 1.69. The topological polar surface area (TPSA) is 75.1 Å². The fourth-order valence-electron chi connectivity index (χ4n) is 5.03. The van der Waals surface area contributed by atoms with Crippen LogP contribution >= 0.6 is 0 Å². The molecule has 32 heavy (non-hydrogen) atoms. The Morgan fingerprint density at radius 3 is 2.84 bits per heavy atom. The number of fused-ring (bicyclic) bond motifs is 4. The molecule has 7 nitrogen and oxygen atoms in total. The van der Waals surface area contributed by atoms with Crippen molar-refractivity contribution in [3.8, 4) is 5.75 Å². The summed E-state index contributed by atoms with van der Waals surface area (Å²) in [5, 5.41) is 11.4. The number of ether oxygens (including phenoxy) is 2. The fraction of sp³-hybridized carbons (Fsp3) is 0.360. The maximum Gasteiger partial charge on any atom is 0.343 e. The maximum atomic E-state index is 12.7. The van der Waals surface area contributed by atoms with Crippen LogP contribution < -0.4 is 0 Å². The van der Waals surface area contributed by atoms with Crippen LogP contribution in [0.4, 0.5) is 0 Å². The summed E-state index contributed by atoms with van der Waals surface area (Å²) in [6, 6.07) is 5.66. The molecular weight excluding hydrogens is 406 g/mol. The van der Waals surface area contributed by atoms with Gasteiger partial charge in [0.25, 0.3) is 0 Å². The van der Waals surface area contributed by atoms with Gasteiger partial charge in [-0.1, -0.05) is 13.5 Å². The number of pyridine rings is 1. The highest BCUT2D eigenvalue weighted by atomic mass is 16.6. The van der Waals surface area contributed by atoms with Gasteiger partial charge in [-0.25, -0.2) is 9.78 Å². The van der Waals surface area contributed by atoms with Gasteiger partial charge in [-0.3, -0.25) is 0 Å². The van der Waals surface area contributed by atoms with E-state index in [9.17, 15) is 9.90 Å². The molecule has 2 aromatic rings. The second-order valence-electron chi connectivity index (χ2n) is 8.78. The van der Waals surface area contributed by atoms with Gasteiger partial charge in [0.2, 0.25) is 0 Å². The van der Waals surface area contributed by atoms with Crippen molar-refractivity contribution in [3.05, 3.63) is 64.5 Å². The van der Waals surface area contributed by atoms with E-state index in [2.05, 4.69) is 17.5 Å². The fourth-order valence-corrected chi connectivity index (χ4v) is 5.03. The molecule has 1 aromatic carbocycles. The van der Waals surface area contributed by atoms with Crippen LogP contribution in [0.3, 0.4) is 0 Å². The van der Waals surface area contributed by atoms with E-state index < -0.39 is 5.60 Å². The van der Waals surface area contributed by atoms with Gasteiger partial charge in [0, 0.05) is 47.0 Å². The molecule has 3 aliphatic rings. The lowest BCUT2D eigenvalue weighted by Gasteiger charge is -2.40. The number of carbonyl (C=O) groups is 1. The summed E-state index contributed by atoms with van der Waals surface area (Å²) < 4.78 is 11.2. The van der Waals surface area contributed by atoms with Crippen molar-refractivity contribution in [2.45, 2.75) is 32.0 Å². The van der Waals surface area contributed by atoms with Crippen LogP contribution in [0.2, 0.25) is 0 Å². The van der Waals surface area contributed by atoms with Gasteiger partial charge in [0.1, 0.15) is 12.4 Å². The largest absolute Gasteiger partial charge is 0.508 e. The summed E-state index contributed by atoms with van der Waals surface area (Å²) >= 11 is 0. The molecule has 1 unspecified atom stereocenters. The lowest BCUT2D eigenvalue weighted by molar-refractivity contribution is -0.166. The van der Waals surface area contributed by atoms with E-state index in [-0.39, 0.29) is 18.3 Å². The van der Waals surface area contributed by atoms with Gasteiger partial charge in [-0.2, -0.15) is 0 Å². The zero-order chi connectivity index (χ0) is 22.8. The zero-order valence-corrected chi connectivity index (χ0v) is 18.9. The second-order valence-corrected chi connectivity index (χ2v) is 8.78. The third-order valence-electron chi connectivity index (χ3n) is 6.74. The van der Waals surface area contributed by atoms with E-state index in [0.717, 1.165) is 50.3 Å². The molecule has 166 valence electrons. The normalized spacial score (nSPS) is 22.2. The third-order valence-corrected chi connectivity index (χ3v) is 6.74. The minimum absolute atomic E-state index is 0.186. The van der Waals surface area contributed by atoms with Gasteiger partial charge in [-0.05, 0) is 44.8 Å². The van der Waals surface area contributed by atoms with Crippen molar-refractivity contribution in [1.82, 2.24) is 14.8 Å². The first-order chi connectivity index (χ1) is 15.3. The molecule has 0 saturated carbocycles. The highest BCUT2D eigenvalue weighted by molar-refractivity contribution is 5.92. The standard InChI is InChI=1S/C25H27N3O4/c1-6-25(31-5)19-10-21-23-15(11-28(21)14(2)18(19)13-32-24(25)30)9-16-17(12-27(3)4)22(29)8-7-20(16)26-23/h7-10,29H,2,6,11-13H2,1,3-5H3. The van der Waals surface area contributed by atoms with E-state index >= 15 is 0 Å². The van der Waals surface area contributed by atoms with E-state index in [4.69, 9.17) is 14.5 Å². The Kier molecular flexibility index (Phi) is 4.65. The summed E-state index contributed by atoms with van der Waals surface area (Å²) in [7, 11) is 5.49. The van der Waals surface area contributed by atoms with E-state index in [1.165, 1.54) is 0 Å². The Morgan fingerprint density at radius 2 is 2.16 bits per heavy atom. The molecule has 0 amide bonds. The summed E-state index contributed by atoms with van der Waals surface area (Å²) in [5.74, 6) is -0.0965. The molecule has 0 bridgehead atoms. The number of aromatic nitrogens is 1. The number of rotatable bonds is 4. The van der Waals surface area contributed by atoms with Crippen molar-refractivity contribution < 1.29 is 19.4 Å². The second kappa shape index (κ2) is 7.18. The van der Waals surface area contributed by atoms with Crippen LogP contribution in [0.1, 0.15) is 30.2 Å². The minimum atomic E-state index is -1.14. The van der Waals surface area contributed by atoms with Crippen LogP contribution in [0.25, 0.3) is 16.6 Å². The van der Waals surface area contributed by atoms with E-state index in [1.807, 2.05) is 38.1 Å². The van der Waals surface area contributed by atoms with Crippen molar-refractivity contribution in [2.75, 3.05) is 27.8 Å². The maximum absolute atomic E-state index is 12.7. The third kappa shape index (κ3) is 2.74. The number of esters is 1. The Labute approximate surface area is 187 Å². The molecule has 4 heterocycles. The highest BCUT2D eigenvalue weighted by Crippen LogP contribution is 2.47. The average Bonchev–Trinajstić information content (AvgIpc) is 3.13. The van der Waals surface area contributed by atoms with Crippen LogP contribution in [0.15, 0.2) is 47.7 Å². The van der Waals surface area contributed by atoms with E-state index in [0.29, 0.717) is 19.5 Å². The van der Waals surface area contributed by atoms with Gasteiger partial charge >= 0.3 is 5.97 Å². The van der Waals surface area contributed by atoms with Crippen LogP contribution in [-0.4, -0.2) is 59.3 Å².